The van der Waals surface area contributed by atoms with E-state index >= 15 is 0 Å². The first kappa shape index (κ1) is 17.3. The van der Waals surface area contributed by atoms with Crippen molar-refractivity contribution in [2.24, 2.45) is 11.1 Å². The highest BCUT2D eigenvalue weighted by atomic mass is 32.2. The molecule has 0 heterocycles. The topological polar surface area (TPSA) is 55.7 Å². The molecule has 2 aromatic carbocycles. The Bertz CT molecular complexity index is 932. The minimum absolute atomic E-state index is 0.132. The second-order valence-corrected chi connectivity index (χ2v) is 8.85. The highest BCUT2D eigenvalue weighted by Crippen LogP contribution is 2.45. The van der Waals surface area contributed by atoms with Crippen molar-refractivity contribution in [1.82, 2.24) is 0 Å². The van der Waals surface area contributed by atoms with Gasteiger partial charge in [0, 0.05) is 5.56 Å². The molecule has 0 spiro atoms. The zero-order valence-electron chi connectivity index (χ0n) is 14.9. The van der Waals surface area contributed by atoms with Crippen molar-refractivity contribution in [3.8, 4) is 0 Å². The maximum absolute atomic E-state index is 12.5. The third-order valence-electron chi connectivity index (χ3n) is 5.59. The number of hydrogen-bond acceptors (Lipinski definition) is 4. The zero-order valence-corrected chi connectivity index (χ0v) is 15.7. The first-order valence-corrected chi connectivity index (χ1v) is 10.6. The lowest BCUT2D eigenvalue weighted by Gasteiger charge is -2.37. The van der Waals surface area contributed by atoms with Crippen molar-refractivity contribution in [1.29, 1.82) is 0 Å². The molecule has 136 valence electrons. The van der Waals surface area contributed by atoms with Crippen LogP contribution in [-0.2, 0) is 14.4 Å². The van der Waals surface area contributed by atoms with E-state index in [4.69, 9.17) is 4.28 Å². The van der Waals surface area contributed by atoms with Gasteiger partial charge in [0.1, 0.15) is 4.90 Å². The van der Waals surface area contributed by atoms with Gasteiger partial charge < -0.3 is 0 Å². The molecular formula is C21H23NO3S. The molecule has 0 bridgehead atoms. The Morgan fingerprint density at radius 3 is 2.54 bits per heavy atom. The molecule has 2 aliphatic rings. The first-order valence-electron chi connectivity index (χ1n) is 9.21. The van der Waals surface area contributed by atoms with E-state index in [0.717, 1.165) is 23.3 Å². The fourth-order valence-corrected chi connectivity index (χ4v) is 4.97. The SMILES string of the molecule is Cc1ccc(S(=O)(=O)O/N=C2\C[C@H]3CCCC[C@@H]3c3ccccc32)cc1. The molecule has 0 N–H and O–H groups in total. The lowest BCUT2D eigenvalue weighted by atomic mass is 9.67. The Morgan fingerprint density at radius 2 is 1.73 bits per heavy atom. The van der Waals surface area contributed by atoms with Crippen molar-refractivity contribution in [3.05, 3.63) is 65.2 Å². The van der Waals surface area contributed by atoms with Crippen LogP contribution in [0.15, 0.2) is 58.6 Å². The van der Waals surface area contributed by atoms with E-state index in [-0.39, 0.29) is 4.90 Å². The van der Waals surface area contributed by atoms with Crippen molar-refractivity contribution < 1.29 is 12.7 Å². The van der Waals surface area contributed by atoms with Crippen LogP contribution in [0.4, 0.5) is 0 Å². The van der Waals surface area contributed by atoms with Gasteiger partial charge in [-0.3, -0.25) is 4.28 Å². The quantitative estimate of drug-likeness (QED) is 0.732. The summed E-state index contributed by atoms with van der Waals surface area (Å²) in [5.41, 5.74) is 4.08. The summed E-state index contributed by atoms with van der Waals surface area (Å²) in [6, 6.07) is 14.8. The summed E-state index contributed by atoms with van der Waals surface area (Å²) in [4.78, 5) is 0.132. The average Bonchev–Trinajstić information content (AvgIpc) is 2.66. The molecule has 0 aromatic heterocycles. The molecule has 0 aliphatic heterocycles. The summed E-state index contributed by atoms with van der Waals surface area (Å²) < 4.78 is 30.0. The Kier molecular flexibility index (Phi) is 4.57. The average molecular weight is 369 g/mol. The minimum atomic E-state index is -3.90. The molecule has 2 aromatic rings. The molecule has 0 amide bonds. The highest BCUT2D eigenvalue weighted by Gasteiger charge is 2.34. The summed E-state index contributed by atoms with van der Waals surface area (Å²) in [7, 11) is -3.90. The molecule has 4 nitrogen and oxygen atoms in total. The maximum atomic E-state index is 12.5. The Balaban J connectivity index is 1.65. The monoisotopic (exact) mass is 369 g/mol. The van der Waals surface area contributed by atoms with Gasteiger partial charge in [-0.2, -0.15) is 8.42 Å². The van der Waals surface area contributed by atoms with E-state index in [1.54, 1.807) is 24.3 Å². The van der Waals surface area contributed by atoms with Crippen LogP contribution in [0.5, 0.6) is 0 Å². The summed E-state index contributed by atoms with van der Waals surface area (Å²) in [6.07, 6.45) is 5.66. The van der Waals surface area contributed by atoms with E-state index in [1.165, 1.54) is 31.2 Å². The van der Waals surface area contributed by atoms with Crippen LogP contribution < -0.4 is 0 Å². The number of oxime groups is 1. The summed E-state index contributed by atoms with van der Waals surface area (Å²) in [5.74, 6) is 1.09. The summed E-state index contributed by atoms with van der Waals surface area (Å²) >= 11 is 0. The predicted molar refractivity (Wildman–Crippen MR) is 102 cm³/mol. The standard InChI is InChI=1S/C21H23NO3S/c1-15-10-12-17(13-11-15)26(23,24)25-22-21-14-16-6-2-3-7-18(16)19-8-4-5-9-20(19)21/h4-5,8-13,16,18H,2-3,6-7,14H2,1H3/b22-21+/t16-,18+/m1/s1. The van der Waals surface area contributed by atoms with E-state index in [2.05, 4.69) is 17.3 Å². The third-order valence-corrected chi connectivity index (χ3v) is 6.71. The normalized spacial score (nSPS) is 24.0. The predicted octanol–water partition coefficient (Wildman–Crippen LogP) is 4.78. The molecule has 1 saturated carbocycles. The molecule has 5 heteroatoms. The lowest BCUT2D eigenvalue weighted by Crippen LogP contribution is -2.28. The van der Waals surface area contributed by atoms with Crippen molar-refractivity contribution in [2.45, 2.75) is 49.8 Å². The molecule has 26 heavy (non-hydrogen) atoms. The smallest absolute Gasteiger partial charge is 0.264 e. The van der Waals surface area contributed by atoms with E-state index in [0.29, 0.717) is 11.8 Å². The van der Waals surface area contributed by atoms with Crippen molar-refractivity contribution in [3.63, 3.8) is 0 Å². The second kappa shape index (κ2) is 6.88. The minimum Gasteiger partial charge on any atom is -0.264 e. The van der Waals surface area contributed by atoms with Gasteiger partial charge in [-0.25, -0.2) is 0 Å². The number of nitrogens with zero attached hydrogens (tertiary/aromatic N) is 1. The van der Waals surface area contributed by atoms with Crippen LogP contribution in [-0.4, -0.2) is 14.1 Å². The fourth-order valence-electron chi connectivity index (χ4n) is 4.23. The number of fused-ring (bicyclic) bond motifs is 3. The van der Waals surface area contributed by atoms with Crippen molar-refractivity contribution >= 4 is 15.8 Å². The molecule has 4 rings (SSSR count). The molecule has 0 radical (unpaired) electrons. The van der Waals surface area contributed by atoms with Crippen LogP contribution in [0.25, 0.3) is 0 Å². The molecule has 1 fully saturated rings. The fraction of sp³-hybridized carbons (Fsp3) is 0.381. The first-order chi connectivity index (χ1) is 12.5. The van der Waals surface area contributed by atoms with Gasteiger partial charge in [0.05, 0.1) is 5.71 Å². The Labute approximate surface area is 155 Å². The van der Waals surface area contributed by atoms with Gasteiger partial charge >= 0.3 is 10.1 Å². The number of rotatable bonds is 3. The van der Waals surface area contributed by atoms with E-state index in [1.807, 2.05) is 19.1 Å². The molecule has 0 saturated heterocycles. The van der Waals surface area contributed by atoms with Crippen LogP contribution in [0.2, 0.25) is 0 Å². The summed E-state index contributed by atoms with van der Waals surface area (Å²) in [5, 5.41) is 4.11. The van der Waals surface area contributed by atoms with E-state index < -0.39 is 10.1 Å². The Hall–Kier alpha value is -2.14. The van der Waals surface area contributed by atoms with Crippen LogP contribution >= 0.6 is 0 Å². The molecule has 2 aliphatic carbocycles. The zero-order chi connectivity index (χ0) is 18.1. The van der Waals surface area contributed by atoms with Gasteiger partial charge in [0.2, 0.25) is 0 Å². The highest BCUT2D eigenvalue weighted by molar-refractivity contribution is 7.86. The van der Waals surface area contributed by atoms with Gasteiger partial charge in [0.25, 0.3) is 0 Å². The number of aryl methyl sites for hydroxylation is 1. The molecule has 2 atom stereocenters. The number of hydrogen-bond donors (Lipinski definition) is 0. The lowest BCUT2D eigenvalue weighted by molar-refractivity contribution is 0.299. The molecular weight excluding hydrogens is 346 g/mol. The van der Waals surface area contributed by atoms with Crippen LogP contribution in [0.3, 0.4) is 0 Å². The third kappa shape index (κ3) is 3.28. The largest absolute Gasteiger partial charge is 0.358 e. The Morgan fingerprint density at radius 1 is 1.00 bits per heavy atom. The van der Waals surface area contributed by atoms with Gasteiger partial charge in [-0.05, 0) is 55.7 Å². The van der Waals surface area contributed by atoms with E-state index in [9.17, 15) is 8.42 Å². The molecule has 0 unspecified atom stereocenters. The summed E-state index contributed by atoms with van der Waals surface area (Å²) in [6.45, 7) is 1.91. The second-order valence-electron chi connectivity index (χ2n) is 7.32. The van der Waals surface area contributed by atoms with Gasteiger partial charge in [-0.1, -0.05) is 60.0 Å². The maximum Gasteiger partial charge on any atom is 0.358 e. The van der Waals surface area contributed by atoms with Gasteiger partial charge in [0.15, 0.2) is 0 Å². The number of benzene rings is 2. The van der Waals surface area contributed by atoms with Crippen molar-refractivity contribution in [2.75, 3.05) is 0 Å². The van der Waals surface area contributed by atoms with Gasteiger partial charge in [-0.15, -0.1) is 0 Å². The van der Waals surface area contributed by atoms with Crippen LogP contribution in [0, 0.1) is 12.8 Å². The van der Waals surface area contributed by atoms with Crippen LogP contribution in [0.1, 0.15) is 54.7 Å².